The van der Waals surface area contributed by atoms with E-state index in [1.165, 1.54) is 18.9 Å². The van der Waals surface area contributed by atoms with Gasteiger partial charge in [0.15, 0.2) is 11.5 Å². The van der Waals surface area contributed by atoms with Crippen molar-refractivity contribution in [2.75, 3.05) is 6.54 Å². The summed E-state index contributed by atoms with van der Waals surface area (Å²) in [4.78, 5) is 13.7. The Bertz CT molecular complexity index is 560. The van der Waals surface area contributed by atoms with Gasteiger partial charge in [-0.1, -0.05) is 43.7 Å². The fourth-order valence-electron chi connectivity index (χ4n) is 2.31. The molecule has 2 aromatic rings. The molecule has 0 unspecified atom stereocenters. The highest BCUT2D eigenvalue weighted by molar-refractivity contribution is 5.91. The van der Waals surface area contributed by atoms with Gasteiger partial charge >= 0.3 is 0 Å². The topological polar surface area (TPSA) is 33.5 Å². The van der Waals surface area contributed by atoms with Gasteiger partial charge < -0.3 is 4.42 Å². The van der Waals surface area contributed by atoms with Crippen molar-refractivity contribution in [3.8, 4) is 0 Å². The van der Waals surface area contributed by atoms with Crippen LogP contribution in [0.5, 0.6) is 0 Å². The third-order valence-corrected chi connectivity index (χ3v) is 3.46. The predicted molar refractivity (Wildman–Crippen MR) is 84.2 cm³/mol. The Kier molecular flexibility index (Phi) is 5.76. The Morgan fingerprint density at radius 1 is 1.10 bits per heavy atom. The molecule has 0 spiro atoms. The molecule has 0 aliphatic carbocycles. The number of carbonyl (C=O) groups excluding carboxylic acids is 1. The van der Waals surface area contributed by atoms with Crippen LogP contribution in [0.25, 0.3) is 0 Å². The van der Waals surface area contributed by atoms with E-state index in [1.54, 1.807) is 6.07 Å². The summed E-state index contributed by atoms with van der Waals surface area (Å²) >= 11 is 0. The maximum Gasteiger partial charge on any atom is 0.194 e. The first-order valence-electron chi connectivity index (χ1n) is 7.55. The van der Waals surface area contributed by atoms with Gasteiger partial charge in [-0.2, -0.15) is 0 Å². The molecule has 0 aliphatic heterocycles. The normalized spacial score (nSPS) is 11.0. The molecular formula is C18H23NO2. The van der Waals surface area contributed by atoms with Crippen molar-refractivity contribution >= 4 is 5.78 Å². The molecule has 0 saturated carbocycles. The monoisotopic (exact) mass is 285 g/mol. The van der Waals surface area contributed by atoms with Crippen molar-refractivity contribution in [1.29, 1.82) is 0 Å². The fourth-order valence-corrected chi connectivity index (χ4v) is 2.31. The van der Waals surface area contributed by atoms with E-state index in [4.69, 9.17) is 4.42 Å². The molecule has 1 aromatic carbocycles. The second-order valence-corrected chi connectivity index (χ2v) is 5.37. The Morgan fingerprint density at radius 3 is 2.48 bits per heavy atom. The lowest BCUT2D eigenvalue weighted by molar-refractivity contribution is 0.0983. The van der Waals surface area contributed by atoms with Gasteiger partial charge in [-0.3, -0.25) is 9.69 Å². The molecule has 0 atom stereocenters. The van der Waals surface area contributed by atoms with Crippen LogP contribution in [-0.4, -0.2) is 17.2 Å². The largest absolute Gasteiger partial charge is 0.457 e. The number of hydrogen-bond acceptors (Lipinski definition) is 3. The first-order chi connectivity index (χ1) is 10.2. The summed E-state index contributed by atoms with van der Waals surface area (Å²) in [5, 5.41) is 0. The Morgan fingerprint density at radius 2 is 1.86 bits per heavy atom. The van der Waals surface area contributed by atoms with E-state index in [9.17, 15) is 4.79 Å². The molecule has 0 bridgehead atoms. The lowest BCUT2D eigenvalue weighted by Crippen LogP contribution is -2.23. The number of rotatable bonds is 8. The van der Waals surface area contributed by atoms with E-state index in [2.05, 4.69) is 36.1 Å². The summed E-state index contributed by atoms with van der Waals surface area (Å²) in [7, 11) is 0. The minimum Gasteiger partial charge on any atom is -0.457 e. The molecule has 112 valence electrons. The van der Waals surface area contributed by atoms with Gasteiger partial charge in [0.25, 0.3) is 0 Å². The van der Waals surface area contributed by atoms with E-state index in [-0.39, 0.29) is 5.78 Å². The third-order valence-electron chi connectivity index (χ3n) is 3.46. The van der Waals surface area contributed by atoms with Crippen molar-refractivity contribution in [3.05, 3.63) is 59.5 Å². The van der Waals surface area contributed by atoms with E-state index < -0.39 is 0 Å². The number of unbranched alkanes of at least 4 members (excludes halogenated alkanes) is 1. The van der Waals surface area contributed by atoms with Crippen molar-refractivity contribution in [1.82, 2.24) is 4.90 Å². The average molecular weight is 285 g/mol. The molecule has 3 nitrogen and oxygen atoms in total. The summed E-state index contributed by atoms with van der Waals surface area (Å²) in [6.07, 6.45) is 2.33. The summed E-state index contributed by atoms with van der Waals surface area (Å²) < 4.78 is 5.60. The van der Waals surface area contributed by atoms with Gasteiger partial charge in [0.1, 0.15) is 5.76 Å². The highest BCUT2D eigenvalue weighted by atomic mass is 16.3. The zero-order chi connectivity index (χ0) is 15.1. The van der Waals surface area contributed by atoms with Gasteiger partial charge in [0, 0.05) is 13.5 Å². The molecule has 0 aliphatic rings. The van der Waals surface area contributed by atoms with Gasteiger partial charge in [0.2, 0.25) is 0 Å². The van der Waals surface area contributed by atoms with E-state index in [0.29, 0.717) is 5.76 Å². The van der Waals surface area contributed by atoms with E-state index in [0.717, 1.165) is 31.8 Å². The number of nitrogens with zero attached hydrogens (tertiary/aromatic N) is 1. The van der Waals surface area contributed by atoms with Crippen molar-refractivity contribution in [2.45, 2.75) is 39.8 Å². The summed E-state index contributed by atoms with van der Waals surface area (Å²) in [5.41, 5.74) is 1.30. The second-order valence-electron chi connectivity index (χ2n) is 5.37. The number of carbonyl (C=O) groups is 1. The number of furan rings is 1. The molecule has 0 saturated heterocycles. The van der Waals surface area contributed by atoms with Gasteiger partial charge in [0.05, 0.1) is 6.54 Å². The molecule has 21 heavy (non-hydrogen) atoms. The zero-order valence-corrected chi connectivity index (χ0v) is 12.8. The molecule has 2 rings (SSSR count). The number of ketones is 1. The van der Waals surface area contributed by atoms with Crippen LogP contribution in [0.2, 0.25) is 0 Å². The average Bonchev–Trinajstić information content (AvgIpc) is 2.94. The number of benzene rings is 1. The summed E-state index contributed by atoms with van der Waals surface area (Å²) in [6, 6.07) is 14.1. The van der Waals surface area contributed by atoms with E-state index in [1.807, 2.05) is 12.1 Å². The lowest BCUT2D eigenvalue weighted by Gasteiger charge is -2.21. The third kappa shape index (κ3) is 4.87. The van der Waals surface area contributed by atoms with Crippen LogP contribution < -0.4 is 0 Å². The summed E-state index contributed by atoms with van der Waals surface area (Å²) in [6.45, 7) is 6.39. The number of hydrogen-bond donors (Lipinski definition) is 0. The SMILES string of the molecule is CCCCN(Cc1ccccc1)Cc1ccc(C(C)=O)o1. The minimum absolute atomic E-state index is 0.0237. The molecule has 1 aromatic heterocycles. The lowest BCUT2D eigenvalue weighted by atomic mass is 10.2. The zero-order valence-electron chi connectivity index (χ0n) is 12.8. The van der Waals surface area contributed by atoms with Crippen LogP contribution in [0.3, 0.4) is 0 Å². The van der Waals surface area contributed by atoms with Crippen molar-refractivity contribution < 1.29 is 9.21 Å². The maximum atomic E-state index is 11.3. The summed E-state index contributed by atoms with van der Waals surface area (Å²) in [5.74, 6) is 1.27. The maximum absolute atomic E-state index is 11.3. The molecule has 0 amide bonds. The Labute approximate surface area is 126 Å². The first-order valence-corrected chi connectivity index (χ1v) is 7.55. The van der Waals surface area contributed by atoms with Crippen LogP contribution in [0.1, 0.15) is 48.6 Å². The smallest absolute Gasteiger partial charge is 0.194 e. The highest BCUT2D eigenvalue weighted by Crippen LogP contribution is 2.14. The van der Waals surface area contributed by atoms with Gasteiger partial charge in [-0.05, 0) is 30.7 Å². The second kappa shape index (κ2) is 7.79. The quantitative estimate of drug-likeness (QED) is 0.679. The van der Waals surface area contributed by atoms with Crippen LogP contribution in [0, 0.1) is 0 Å². The molecule has 0 fully saturated rings. The Balaban J connectivity index is 2.02. The fraction of sp³-hybridized carbons (Fsp3) is 0.389. The van der Waals surface area contributed by atoms with Crippen LogP contribution >= 0.6 is 0 Å². The Hall–Kier alpha value is -1.87. The van der Waals surface area contributed by atoms with Crippen LogP contribution in [0.15, 0.2) is 46.9 Å². The van der Waals surface area contributed by atoms with Gasteiger partial charge in [-0.25, -0.2) is 0 Å². The van der Waals surface area contributed by atoms with Crippen LogP contribution in [0.4, 0.5) is 0 Å². The molecule has 0 radical (unpaired) electrons. The molecular weight excluding hydrogens is 262 g/mol. The molecule has 1 heterocycles. The highest BCUT2D eigenvalue weighted by Gasteiger charge is 2.11. The van der Waals surface area contributed by atoms with Crippen LogP contribution in [-0.2, 0) is 13.1 Å². The van der Waals surface area contributed by atoms with E-state index >= 15 is 0 Å². The molecule has 0 N–H and O–H groups in total. The molecule has 3 heteroatoms. The standard InChI is InChI=1S/C18H23NO2/c1-3-4-12-19(13-16-8-6-5-7-9-16)14-17-10-11-18(21-17)15(2)20/h5-11H,3-4,12-14H2,1-2H3. The minimum atomic E-state index is -0.0237. The van der Waals surface area contributed by atoms with Gasteiger partial charge in [-0.15, -0.1) is 0 Å². The van der Waals surface area contributed by atoms with Crippen molar-refractivity contribution in [2.24, 2.45) is 0 Å². The van der Waals surface area contributed by atoms with Crippen molar-refractivity contribution in [3.63, 3.8) is 0 Å². The number of Topliss-reactive ketones (excluding diaryl/α,β-unsaturated/α-hetero) is 1. The predicted octanol–water partition coefficient (Wildman–Crippen LogP) is 4.28. The first kappa shape index (κ1) is 15.5.